The Morgan fingerprint density at radius 1 is 1.17 bits per heavy atom. The highest BCUT2D eigenvalue weighted by molar-refractivity contribution is 7.91. The van der Waals surface area contributed by atoms with Crippen molar-refractivity contribution in [2.45, 2.75) is 31.1 Å². The van der Waals surface area contributed by atoms with Crippen LogP contribution in [0, 0.1) is 11.8 Å². The summed E-state index contributed by atoms with van der Waals surface area (Å²) < 4.78 is 24.4. The molecule has 18 heavy (non-hydrogen) atoms. The first-order valence-corrected chi connectivity index (χ1v) is 7.95. The van der Waals surface area contributed by atoms with E-state index < -0.39 is 9.84 Å². The summed E-state index contributed by atoms with van der Waals surface area (Å²) in [5.74, 6) is 0.379. The summed E-state index contributed by atoms with van der Waals surface area (Å²) in [6, 6.07) is 8.47. The third-order valence-corrected chi connectivity index (χ3v) is 5.51. The van der Waals surface area contributed by atoms with Crippen molar-refractivity contribution in [2.75, 3.05) is 5.75 Å². The zero-order valence-electron chi connectivity index (χ0n) is 10.5. The van der Waals surface area contributed by atoms with Crippen molar-refractivity contribution in [3.63, 3.8) is 0 Å². The lowest BCUT2D eigenvalue weighted by Gasteiger charge is -2.24. The van der Waals surface area contributed by atoms with Crippen LogP contribution < -0.4 is 0 Å². The van der Waals surface area contributed by atoms with Gasteiger partial charge in [0, 0.05) is 12.3 Å². The molecule has 1 saturated carbocycles. The molecule has 1 aromatic rings. The largest absolute Gasteiger partial charge is 0.299 e. The van der Waals surface area contributed by atoms with Crippen molar-refractivity contribution < 1.29 is 13.2 Å². The molecule has 4 heteroatoms. The lowest BCUT2D eigenvalue weighted by Crippen LogP contribution is -2.27. The summed E-state index contributed by atoms with van der Waals surface area (Å²) in [6.45, 7) is 1.92. The summed E-state index contributed by atoms with van der Waals surface area (Å²) in [5.41, 5.74) is 0. The highest BCUT2D eigenvalue weighted by atomic mass is 32.2. The van der Waals surface area contributed by atoms with Gasteiger partial charge in [0.25, 0.3) is 0 Å². The second-order valence-electron chi connectivity index (χ2n) is 5.11. The molecule has 98 valence electrons. The van der Waals surface area contributed by atoms with E-state index in [2.05, 4.69) is 0 Å². The summed E-state index contributed by atoms with van der Waals surface area (Å²) in [7, 11) is -3.25. The molecule has 1 aromatic carbocycles. The SMILES string of the molecule is C[C@H]1CC[C@H](CS(=O)(=O)c2ccccc2)CC1=O. The number of carbonyl (C=O) groups excluding carboxylic acids is 1. The second-order valence-corrected chi connectivity index (χ2v) is 7.14. The molecule has 0 N–H and O–H groups in total. The quantitative estimate of drug-likeness (QED) is 0.844. The Bertz CT molecular complexity index is 519. The number of ketones is 1. The van der Waals surface area contributed by atoms with Crippen molar-refractivity contribution in [2.24, 2.45) is 11.8 Å². The van der Waals surface area contributed by atoms with Gasteiger partial charge in [-0.05, 0) is 30.9 Å². The molecule has 1 aliphatic carbocycles. The summed E-state index contributed by atoms with van der Waals surface area (Å²) in [4.78, 5) is 12.0. The van der Waals surface area contributed by atoms with E-state index in [9.17, 15) is 13.2 Å². The molecule has 2 rings (SSSR count). The fourth-order valence-corrected chi connectivity index (χ4v) is 4.08. The average Bonchev–Trinajstić information content (AvgIpc) is 2.35. The molecule has 0 saturated heterocycles. The highest BCUT2D eigenvalue weighted by Crippen LogP contribution is 2.28. The van der Waals surface area contributed by atoms with Gasteiger partial charge in [0.1, 0.15) is 5.78 Å². The lowest BCUT2D eigenvalue weighted by atomic mass is 9.83. The minimum atomic E-state index is -3.25. The van der Waals surface area contributed by atoms with Gasteiger partial charge in [-0.25, -0.2) is 8.42 Å². The van der Waals surface area contributed by atoms with E-state index in [0.717, 1.165) is 12.8 Å². The van der Waals surface area contributed by atoms with Crippen LogP contribution in [-0.4, -0.2) is 20.0 Å². The van der Waals surface area contributed by atoms with Gasteiger partial charge in [-0.1, -0.05) is 25.1 Å². The van der Waals surface area contributed by atoms with Crippen LogP contribution in [0.3, 0.4) is 0 Å². The van der Waals surface area contributed by atoms with Crippen LogP contribution in [0.25, 0.3) is 0 Å². The molecule has 0 aliphatic heterocycles. The average molecular weight is 266 g/mol. The zero-order valence-corrected chi connectivity index (χ0v) is 11.3. The predicted molar refractivity (Wildman–Crippen MR) is 70.0 cm³/mol. The van der Waals surface area contributed by atoms with E-state index in [1.54, 1.807) is 30.3 Å². The number of sulfone groups is 1. The maximum Gasteiger partial charge on any atom is 0.178 e. The number of carbonyl (C=O) groups is 1. The van der Waals surface area contributed by atoms with E-state index in [1.165, 1.54) is 0 Å². The van der Waals surface area contributed by atoms with Gasteiger partial charge in [-0.3, -0.25) is 4.79 Å². The maximum atomic E-state index is 12.2. The molecule has 0 unspecified atom stereocenters. The monoisotopic (exact) mass is 266 g/mol. The van der Waals surface area contributed by atoms with Crippen molar-refractivity contribution in [3.8, 4) is 0 Å². The number of benzene rings is 1. The Balaban J connectivity index is 2.08. The minimum Gasteiger partial charge on any atom is -0.299 e. The molecular weight excluding hydrogens is 248 g/mol. The predicted octanol–water partition coefficient (Wildman–Crippen LogP) is 2.47. The van der Waals surface area contributed by atoms with Crippen molar-refractivity contribution in [1.82, 2.24) is 0 Å². The minimum absolute atomic E-state index is 0.0149. The van der Waals surface area contributed by atoms with Gasteiger partial charge in [0.15, 0.2) is 9.84 Å². The fraction of sp³-hybridized carbons (Fsp3) is 0.500. The Hall–Kier alpha value is -1.16. The third kappa shape index (κ3) is 2.99. The Kier molecular flexibility index (Phi) is 3.85. The topological polar surface area (TPSA) is 51.2 Å². The van der Waals surface area contributed by atoms with E-state index in [-0.39, 0.29) is 23.4 Å². The Morgan fingerprint density at radius 3 is 2.44 bits per heavy atom. The van der Waals surface area contributed by atoms with Crippen LogP contribution in [-0.2, 0) is 14.6 Å². The first-order valence-electron chi connectivity index (χ1n) is 6.29. The molecule has 0 heterocycles. The second kappa shape index (κ2) is 5.22. The van der Waals surface area contributed by atoms with Gasteiger partial charge in [0.05, 0.1) is 10.6 Å². The molecule has 0 bridgehead atoms. The number of hydrogen-bond acceptors (Lipinski definition) is 3. The summed E-state index contributed by atoms with van der Waals surface area (Å²) >= 11 is 0. The third-order valence-electron chi connectivity index (χ3n) is 3.60. The maximum absolute atomic E-state index is 12.2. The van der Waals surface area contributed by atoms with Gasteiger partial charge in [-0.15, -0.1) is 0 Å². The Morgan fingerprint density at radius 2 is 1.83 bits per heavy atom. The molecule has 0 spiro atoms. The van der Waals surface area contributed by atoms with Crippen LogP contribution >= 0.6 is 0 Å². The van der Waals surface area contributed by atoms with Crippen molar-refractivity contribution >= 4 is 15.6 Å². The van der Waals surface area contributed by atoms with Crippen LogP contribution in [0.1, 0.15) is 26.2 Å². The van der Waals surface area contributed by atoms with Crippen LogP contribution in [0.15, 0.2) is 35.2 Å². The lowest BCUT2D eigenvalue weighted by molar-refractivity contribution is -0.125. The molecule has 1 aliphatic rings. The van der Waals surface area contributed by atoms with Gasteiger partial charge < -0.3 is 0 Å². The zero-order chi connectivity index (χ0) is 13.2. The molecule has 0 amide bonds. The molecule has 2 atom stereocenters. The smallest absolute Gasteiger partial charge is 0.178 e. The van der Waals surface area contributed by atoms with Gasteiger partial charge in [0.2, 0.25) is 0 Å². The van der Waals surface area contributed by atoms with E-state index >= 15 is 0 Å². The molecule has 1 fully saturated rings. The summed E-state index contributed by atoms with van der Waals surface area (Å²) in [6.07, 6.45) is 2.06. The van der Waals surface area contributed by atoms with Crippen molar-refractivity contribution in [1.29, 1.82) is 0 Å². The Labute approximate surface area is 108 Å². The number of hydrogen-bond donors (Lipinski definition) is 0. The van der Waals surface area contributed by atoms with E-state index in [4.69, 9.17) is 0 Å². The number of Topliss-reactive ketones (excluding diaryl/α,β-unsaturated/α-hetero) is 1. The normalized spacial score (nSPS) is 25.1. The van der Waals surface area contributed by atoms with Crippen LogP contribution in [0.5, 0.6) is 0 Å². The molecule has 0 aromatic heterocycles. The van der Waals surface area contributed by atoms with Crippen molar-refractivity contribution in [3.05, 3.63) is 30.3 Å². The first kappa shape index (κ1) is 13.3. The van der Waals surface area contributed by atoms with Crippen LogP contribution in [0.4, 0.5) is 0 Å². The van der Waals surface area contributed by atoms with E-state index in [1.807, 2.05) is 6.92 Å². The number of rotatable bonds is 3. The highest BCUT2D eigenvalue weighted by Gasteiger charge is 2.29. The molecular formula is C14H18O3S. The van der Waals surface area contributed by atoms with E-state index in [0.29, 0.717) is 11.3 Å². The molecule has 0 radical (unpaired) electrons. The first-order chi connectivity index (χ1) is 8.49. The summed E-state index contributed by atoms with van der Waals surface area (Å²) in [5, 5.41) is 0. The van der Waals surface area contributed by atoms with Crippen LogP contribution in [0.2, 0.25) is 0 Å². The van der Waals surface area contributed by atoms with Gasteiger partial charge >= 0.3 is 0 Å². The standard InChI is InChI=1S/C14H18O3S/c1-11-7-8-12(9-14(11)15)10-18(16,17)13-5-3-2-4-6-13/h2-6,11-12H,7-10H2,1H3/t11-,12-/m0/s1. The van der Waals surface area contributed by atoms with Gasteiger partial charge in [-0.2, -0.15) is 0 Å². The molecule has 3 nitrogen and oxygen atoms in total. The fourth-order valence-electron chi connectivity index (χ4n) is 2.41.